The van der Waals surface area contributed by atoms with Gasteiger partial charge in [-0.15, -0.1) is 0 Å². The number of para-hydroxylation sites is 1. The summed E-state index contributed by atoms with van der Waals surface area (Å²) in [6.07, 6.45) is 4.16. The Kier molecular flexibility index (Phi) is 4.94. The maximum absolute atomic E-state index is 12.1. The van der Waals surface area contributed by atoms with Gasteiger partial charge in [0.15, 0.2) is 6.61 Å². The summed E-state index contributed by atoms with van der Waals surface area (Å²) in [5.74, 6) is -1.12. The average molecular weight is 337 g/mol. The molecule has 1 aliphatic rings. The van der Waals surface area contributed by atoms with Crippen LogP contribution >= 0.6 is 0 Å². The molecule has 128 valence electrons. The Morgan fingerprint density at radius 3 is 2.68 bits per heavy atom. The lowest BCUT2D eigenvalue weighted by Gasteiger charge is -2.31. The van der Waals surface area contributed by atoms with Gasteiger partial charge in [-0.05, 0) is 25.0 Å². The highest BCUT2D eigenvalue weighted by molar-refractivity contribution is 5.92. The third kappa shape index (κ3) is 3.94. The van der Waals surface area contributed by atoms with Crippen LogP contribution in [-0.4, -0.2) is 29.0 Å². The van der Waals surface area contributed by atoms with Gasteiger partial charge in [0.2, 0.25) is 0 Å². The summed E-state index contributed by atoms with van der Waals surface area (Å²) in [6.45, 7) is -0.420. The molecular formula is C19H19N3O3. The minimum atomic E-state index is -0.830. The number of nitrogens with one attached hydrogen (secondary N) is 1. The molecule has 0 unspecified atom stereocenters. The number of aromatic nitrogens is 1. The van der Waals surface area contributed by atoms with Crippen molar-refractivity contribution in [3.05, 3.63) is 42.1 Å². The molecule has 6 nitrogen and oxygen atoms in total. The summed E-state index contributed by atoms with van der Waals surface area (Å²) < 4.78 is 5.05. The van der Waals surface area contributed by atoms with E-state index in [4.69, 9.17) is 4.74 Å². The number of carbonyl (C=O) groups excluding carboxylic acids is 2. The van der Waals surface area contributed by atoms with Crippen molar-refractivity contribution in [2.45, 2.75) is 37.6 Å². The van der Waals surface area contributed by atoms with Crippen LogP contribution < -0.4 is 5.32 Å². The van der Waals surface area contributed by atoms with Crippen LogP contribution in [0.5, 0.6) is 0 Å². The van der Waals surface area contributed by atoms with Crippen molar-refractivity contribution in [3.63, 3.8) is 0 Å². The Labute approximate surface area is 145 Å². The highest BCUT2D eigenvalue weighted by atomic mass is 16.5. The number of fused-ring (bicyclic) bond motifs is 1. The van der Waals surface area contributed by atoms with E-state index in [0.29, 0.717) is 18.4 Å². The van der Waals surface area contributed by atoms with E-state index >= 15 is 0 Å². The third-order valence-corrected chi connectivity index (χ3v) is 4.44. The minimum Gasteiger partial charge on any atom is -0.451 e. The quantitative estimate of drug-likeness (QED) is 0.866. The van der Waals surface area contributed by atoms with E-state index in [1.807, 2.05) is 18.2 Å². The Hall–Kier alpha value is -2.94. The molecule has 1 heterocycles. The zero-order chi connectivity index (χ0) is 17.7. The summed E-state index contributed by atoms with van der Waals surface area (Å²) in [5.41, 5.74) is 0.00866. The lowest BCUT2D eigenvalue weighted by atomic mass is 9.83. The van der Waals surface area contributed by atoms with Crippen LogP contribution in [-0.2, 0) is 9.53 Å². The first-order valence-corrected chi connectivity index (χ1v) is 8.37. The normalized spacial score (nSPS) is 16.0. The molecule has 0 radical (unpaired) electrons. The number of ether oxygens (including phenoxy) is 1. The monoisotopic (exact) mass is 337 g/mol. The lowest BCUT2D eigenvalue weighted by molar-refractivity contribution is -0.125. The molecule has 1 aromatic carbocycles. The maximum atomic E-state index is 12.1. The topological polar surface area (TPSA) is 92.1 Å². The molecule has 0 bridgehead atoms. The standard InChI is InChI=1S/C19H19N3O3/c20-13-19(10-4-1-5-11-19)22-17(23)12-25-18(24)16-9-8-14-6-2-3-7-15(14)21-16/h2-3,6-9H,1,4-5,10-12H2,(H,22,23). The Morgan fingerprint density at radius 2 is 1.92 bits per heavy atom. The molecule has 0 spiro atoms. The van der Waals surface area contributed by atoms with Crippen molar-refractivity contribution in [3.8, 4) is 6.07 Å². The molecule has 25 heavy (non-hydrogen) atoms. The van der Waals surface area contributed by atoms with Gasteiger partial charge in [-0.1, -0.05) is 43.5 Å². The summed E-state index contributed by atoms with van der Waals surface area (Å²) in [5, 5.41) is 13.0. The van der Waals surface area contributed by atoms with Crippen LogP contribution in [0.1, 0.15) is 42.6 Å². The number of benzene rings is 1. The maximum Gasteiger partial charge on any atom is 0.357 e. The number of amides is 1. The Morgan fingerprint density at radius 1 is 1.16 bits per heavy atom. The number of rotatable bonds is 4. The van der Waals surface area contributed by atoms with E-state index in [1.54, 1.807) is 18.2 Å². The summed E-state index contributed by atoms with van der Waals surface area (Å²) in [6, 6.07) is 13.0. The second-order valence-electron chi connectivity index (χ2n) is 6.27. The number of esters is 1. The molecule has 0 atom stereocenters. The number of nitriles is 1. The van der Waals surface area contributed by atoms with Crippen LogP contribution in [0.25, 0.3) is 10.9 Å². The van der Waals surface area contributed by atoms with E-state index in [1.165, 1.54) is 0 Å². The first kappa shape index (κ1) is 16.9. The highest BCUT2D eigenvalue weighted by Crippen LogP contribution is 2.27. The van der Waals surface area contributed by atoms with Gasteiger partial charge in [-0.3, -0.25) is 4.79 Å². The van der Waals surface area contributed by atoms with Crippen molar-refractivity contribution >= 4 is 22.8 Å². The van der Waals surface area contributed by atoms with Crippen LogP contribution in [0.4, 0.5) is 0 Å². The van der Waals surface area contributed by atoms with Crippen molar-refractivity contribution in [1.29, 1.82) is 5.26 Å². The summed E-state index contributed by atoms with van der Waals surface area (Å²) in [7, 11) is 0. The molecule has 1 fully saturated rings. The molecule has 0 aliphatic heterocycles. The molecule has 0 saturated heterocycles. The molecule has 3 rings (SSSR count). The van der Waals surface area contributed by atoms with Crippen molar-refractivity contribution < 1.29 is 14.3 Å². The van der Waals surface area contributed by atoms with Gasteiger partial charge < -0.3 is 10.1 Å². The molecule has 1 saturated carbocycles. The number of hydrogen-bond acceptors (Lipinski definition) is 5. The fraction of sp³-hybridized carbons (Fsp3) is 0.368. The predicted molar refractivity (Wildman–Crippen MR) is 91.6 cm³/mol. The van der Waals surface area contributed by atoms with Crippen molar-refractivity contribution in [2.75, 3.05) is 6.61 Å². The SMILES string of the molecule is N#CC1(NC(=O)COC(=O)c2ccc3ccccc3n2)CCCCC1. The highest BCUT2D eigenvalue weighted by Gasteiger charge is 2.33. The molecule has 1 aliphatic carbocycles. The van der Waals surface area contributed by atoms with Crippen LogP contribution in [0, 0.1) is 11.3 Å². The fourth-order valence-corrected chi connectivity index (χ4v) is 3.11. The van der Waals surface area contributed by atoms with E-state index < -0.39 is 24.0 Å². The van der Waals surface area contributed by atoms with Gasteiger partial charge in [0, 0.05) is 5.39 Å². The Bertz CT molecular complexity index is 835. The van der Waals surface area contributed by atoms with Crippen LogP contribution in [0.15, 0.2) is 36.4 Å². The summed E-state index contributed by atoms with van der Waals surface area (Å²) in [4.78, 5) is 28.4. The van der Waals surface area contributed by atoms with Crippen LogP contribution in [0.3, 0.4) is 0 Å². The molecule has 1 aromatic heterocycles. The smallest absolute Gasteiger partial charge is 0.357 e. The first-order chi connectivity index (χ1) is 12.1. The first-order valence-electron chi connectivity index (χ1n) is 8.37. The molecule has 1 amide bonds. The van der Waals surface area contributed by atoms with Crippen molar-refractivity contribution in [1.82, 2.24) is 10.3 Å². The number of pyridine rings is 1. The van der Waals surface area contributed by atoms with Gasteiger partial charge in [0.1, 0.15) is 11.2 Å². The third-order valence-electron chi connectivity index (χ3n) is 4.44. The van der Waals surface area contributed by atoms with Gasteiger partial charge in [0.05, 0.1) is 11.6 Å². The van der Waals surface area contributed by atoms with Gasteiger partial charge >= 0.3 is 5.97 Å². The molecule has 1 N–H and O–H groups in total. The van der Waals surface area contributed by atoms with Crippen LogP contribution in [0.2, 0.25) is 0 Å². The average Bonchev–Trinajstić information content (AvgIpc) is 2.66. The fourth-order valence-electron chi connectivity index (χ4n) is 3.11. The number of nitrogens with zero attached hydrogens (tertiary/aromatic N) is 2. The minimum absolute atomic E-state index is 0.152. The van der Waals surface area contributed by atoms with E-state index in [9.17, 15) is 14.9 Å². The summed E-state index contributed by atoms with van der Waals surface area (Å²) >= 11 is 0. The van der Waals surface area contributed by atoms with Gasteiger partial charge in [-0.2, -0.15) is 5.26 Å². The zero-order valence-corrected chi connectivity index (χ0v) is 13.8. The second-order valence-corrected chi connectivity index (χ2v) is 6.27. The van der Waals surface area contributed by atoms with Crippen molar-refractivity contribution in [2.24, 2.45) is 0 Å². The molecule has 2 aromatic rings. The predicted octanol–water partition coefficient (Wildman–Crippen LogP) is 2.73. The lowest BCUT2D eigenvalue weighted by Crippen LogP contribution is -2.50. The zero-order valence-electron chi connectivity index (χ0n) is 13.8. The van der Waals surface area contributed by atoms with E-state index in [2.05, 4.69) is 16.4 Å². The van der Waals surface area contributed by atoms with Gasteiger partial charge in [0.25, 0.3) is 5.91 Å². The van der Waals surface area contributed by atoms with E-state index in [0.717, 1.165) is 24.6 Å². The van der Waals surface area contributed by atoms with Gasteiger partial charge in [-0.25, -0.2) is 9.78 Å². The Balaban J connectivity index is 1.59. The van der Waals surface area contributed by atoms with E-state index in [-0.39, 0.29) is 5.69 Å². The number of hydrogen-bond donors (Lipinski definition) is 1. The number of carbonyl (C=O) groups is 2. The second kappa shape index (κ2) is 7.31. The molecular weight excluding hydrogens is 318 g/mol. The largest absolute Gasteiger partial charge is 0.451 e. The molecule has 6 heteroatoms.